The number of rotatable bonds is 8. The van der Waals surface area contributed by atoms with Crippen molar-refractivity contribution in [2.24, 2.45) is 11.3 Å². The predicted molar refractivity (Wildman–Crippen MR) is 66.6 cm³/mol. The van der Waals surface area contributed by atoms with Crippen LogP contribution < -0.4 is 0 Å². The third kappa shape index (κ3) is 5.67. The van der Waals surface area contributed by atoms with E-state index in [4.69, 9.17) is 0 Å². The summed E-state index contributed by atoms with van der Waals surface area (Å²) in [5.41, 5.74) is 0.620. The zero-order chi connectivity index (χ0) is 11.0. The van der Waals surface area contributed by atoms with Gasteiger partial charge in [-0.15, -0.1) is 0 Å². The van der Waals surface area contributed by atoms with E-state index in [1.165, 1.54) is 44.9 Å². The van der Waals surface area contributed by atoms with Crippen LogP contribution in [0.5, 0.6) is 0 Å². The van der Waals surface area contributed by atoms with Crippen molar-refractivity contribution >= 4 is 0 Å². The Hall–Kier alpha value is 0. The third-order valence-electron chi connectivity index (χ3n) is 4.13. The molecule has 0 spiro atoms. The SMILES string of the molecule is CCC(C)CCCCC(C)(CC)CC. The predicted octanol–water partition coefficient (Wildman–Crippen LogP) is 5.42. The molecule has 1 unspecified atom stereocenters. The number of hydrogen-bond donors (Lipinski definition) is 0. The molecule has 0 aliphatic carbocycles. The van der Waals surface area contributed by atoms with E-state index in [1.807, 2.05) is 0 Å². The monoisotopic (exact) mass is 198 g/mol. The standard InChI is InChI=1S/C14H30/c1-6-13(4)11-9-10-12-14(5,7-2)8-3/h13H,6-12H2,1-5H3. The van der Waals surface area contributed by atoms with E-state index in [9.17, 15) is 0 Å². The van der Waals surface area contributed by atoms with Gasteiger partial charge in [0.15, 0.2) is 0 Å². The Bertz CT molecular complexity index is 122. The minimum Gasteiger partial charge on any atom is -0.0651 e. The molecule has 0 heterocycles. The summed E-state index contributed by atoms with van der Waals surface area (Å²) in [5, 5.41) is 0. The van der Waals surface area contributed by atoms with Crippen LogP contribution in [-0.4, -0.2) is 0 Å². The molecule has 14 heavy (non-hydrogen) atoms. The first-order valence-corrected chi connectivity index (χ1v) is 6.58. The highest BCUT2D eigenvalue weighted by Gasteiger charge is 2.18. The Morgan fingerprint density at radius 3 is 2.00 bits per heavy atom. The molecule has 0 aromatic heterocycles. The smallest absolute Gasteiger partial charge is 0.0331 e. The number of hydrogen-bond acceptors (Lipinski definition) is 0. The van der Waals surface area contributed by atoms with Crippen molar-refractivity contribution in [3.63, 3.8) is 0 Å². The Morgan fingerprint density at radius 2 is 1.57 bits per heavy atom. The van der Waals surface area contributed by atoms with Crippen LogP contribution in [0.1, 0.15) is 79.6 Å². The van der Waals surface area contributed by atoms with Crippen LogP contribution >= 0.6 is 0 Å². The second kappa shape index (κ2) is 7.31. The van der Waals surface area contributed by atoms with Crippen LogP contribution in [0, 0.1) is 11.3 Å². The summed E-state index contributed by atoms with van der Waals surface area (Å²) in [6.45, 7) is 11.8. The van der Waals surface area contributed by atoms with E-state index in [2.05, 4.69) is 34.6 Å². The molecule has 0 bridgehead atoms. The Labute approximate surface area is 91.5 Å². The van der Waals surface area contributed by atoms with Gasteiger partial charge in [-0.1, -0.05) is 73.1 Å². The molecule has 0 nitrogen and oxygen atoms in total. The molecule has 86 valence electrons. The van der Waals surface area contributed by atoms with Crippen molar-refractivity contribution < 1.29 is 0 Å². The normalized spacial score (nSPS) is 14.4. The Balaban J connectivity index is 3.52. The second-order valence-corrected chi connectivity index (χ2v) is 5.28. The fraction of sp³-hybridized carbons (Fsp3) is 1.00. The van der Waals surface area contributed by atoms with Gasteiger partial charge in [0.05, 0.1) is 0 Å². The first-order chi connectivity index (χ1) is 6.58. The molecule has 0 radical (unpaired) electrons. The maximum Gasteiger partial charge on any atom is -0.0331 e. The summed E-state index contributed by atoms with van der Waals surface area (Å²) in [6, 6.07) is 0. The van der Waals surface area contributed by atoms with Crippen molar-refractivity contribution in [1.82, 2.24) is 0 Å². The lowest BCUT2D eigenvalue weighted by molar-refractivity contribution is 0.259. The van der Waals surface area contributed by atoms with Gasteiger partial charge < -0.3 is 0 Å². The summed E-state index contributed by atoms with van der Waals surface area (Å²) in [6.07, 6.45) is 9.75. The zero-order valence-corrected chi connectivity index (χ0v) is 11.0. The van der Waals surface area contributed by atoms with Crippen LogP contribution in [0.2, 0.25) is 0 Å². The van der Waals surface area contributed by atoms with E-state index >= 15 is 0 Å². The molecule has 0 heteroatoms. The molecule has 0 amide bonds. The molecule has 0 rings (SSSR count). The maximum atomic E-state index is 2.44. The molecule has 0 saturated carbocycles. The Kier molecular flexibility index (Phi) is 7.31. The van der Waals surface area contributed by atoms with Crippen molar-refractivity contribution in [3.05, 3.63) is 0 Å². The molecular weight excluding hydrogens is 168 g/mol. The summed E-state index contributed by atoms with van der Waals surface area (Å²) in [7, 11) is 0. The molecule has 0 aliphatic rings. The Morgan fingerprint density at radius 1 is 1.00 bits per heavy atom. The largest absolute Gasteiger partial charge is 0.0651 e. The molecule has 0 fully saturated rings. The van der Waals surface area contributed by atoms with E-state index in [1.54, 1.807) is 0 Å². The highest BCUT2D eigenvalue weighted by Crippen LogP contribution is 2.32. The fourth-order valence-electron chi connectivity index (χ4n) is 1.85. The van der Waals surface area contributed by atoms with Crippen LogP contribution in [0.4, 0.5) is 0 Å². The number of unbranched alkanes of at least 4 members (excludes halogenated alkanes) is 1. The lowest BCUT2D eigenvalue weighted by Crippen LogP contribution is -2.13. The second-order valence-electron chi connectivity index (χ2n) is 5.28. The van der Waals surface area contributed by atoms with E-state index in [-0.39, 0.29) is 0 Å². The van der Waals surface area contributed by atoms with Crippen molar-refractivity contribution in [3.8, 4) is 0 Å². The molecule has 1 atom stereocenters. The van der Waals surface area contributed by atoms with E-state index in [0.717, 1.165) is 5.92 Å². The lowest BCUT2D eigenvalue weighted by atomic mass is 9.79. The third-order valence-corrected chi connectivity index (χ3v) is 4.13. The minimum absolute atomic E-state index is 0.620. The van der Waals surface area contributed by atoms with Gasteiger partial charge in [-0.3, -0.25) is 0 Å². The fourth-order valence-corrected chi connectivity index (χ4v) is 1.85. The average Bonchev–Trinajstić information content (AvgIpc) is 2.23. The first kappa shape index (κ1) is 14.0. The van der Waals surface area contributed by atoms with Crippen LogP contribution in [0.3, 0.4) is 0 Å². The van der Waals surface area contributed by atoms with Crippen molar-refractivity contribution in [2.45, 2.75) is 79.6 Å². The van der Waals surface area contributed by atoms with Gasteiger partial charge in [0.2, 0.25) is 0 Å². The molecule has 0 saturated heterocycles. The molecule has 0 aliphatic heterocycles. The van der Waals surface area contributed by atoms with Crippen LogP contribution in [0.15, 0.2) is 0 Å². The zero-order valence-electron chi connectivity index (χ0n) is 11.0. The highest BCUT2D eigenvalue weighted by atomic mass is 14.2. The topological polar surface area (TPSA) is 0 Å². The van der Waals surface area contributed by atoms with Gasteiger partial charge in [0.25, 0.3) is 0 Å². The van der Waals surface area contributed by atoms with Gasteiger partial charge in [-0.2, -0.15) is 0 Å². The minimum atomic E-state index is 0.620. The van der Waals surface area contributed by atoms with Gasteiger partial charge in [0.1, 0.15) is 0 Å². The van der Waals surface area contributed by atoms with Gasteiger partial charge >= 0.3 is 0 Å². The highest BCUT2D eigenvalue weighted by molar-refractivity contribution is 4.70. The van der Waals surface area contributed by atoms with Crippen LogP contribution in [0.25, 0.3) is 0 Å². The average molecular weight is 198 g/mol. The summed E-state index contributed by atoms with van der Waals surface area (Å²) in [4.78, 5) is 0. The summed E-state index contributed by atoms with van der Waals surface area (Å²) >= 11 is 0. The van der Waals surface area contributed by atoms with E-state index < -0.39 is 0 Å². The van der Waals surface area contributed by atoms with E-state index in [0.29, 0.717) is 5.41 Å². The lowest BCUT2D eigenvalue weighted by Gasteiger charge is -2.26. The van der Waals surface area contributed by atoms with Gasteiger partial charge in [0, 0.05) is 0 Å². The summed E-state index contributed by atoms with van der Waals surface area (Å²) in [5.74, 6) is 0.935. The molecular formula is C14H30. The summed E-state index contributed by atoms with van der Waals surface area (Å²) < 4.78 is 0. The van der Waals surface area contributed by atoms with Gasteiger partial charge in [-0.25, -0.2) is 0 Å². The van der Waals surface area contributed by atoms with Crippen molar-refractivity contribution in [2.75, 3.05) is 0 Å². The first-order valence-electron chi connectivity index (χ1n) is 6.58. The maximum absolute atomic E-state index is 2.44. The molecule has 0 aromatic carbocycles. The van der Waals surface area contributed by atoms with Gasteiger partial charge in [-0.05, 0) is 17.8 Å². The quantitative estimate of drug-likeness (QED) is 0.457. The molecule has 0 aromatic rings. The van der Waals surface area contributed by atoms with Crippen molar-refractivity contribution in [1.29, 1.82) is 0 Å². The van der Waals surface area contributed by atoms with Crippen LogP contribution in [-0.2, 0) is 0 Å². The molecule has 0 N–H and O–H groups in total.